The molecule has 0 aromatic heterocycles. The normalized spacial score (nSPS) is 16.2. The molecule has 8 heteroatoms. The van der Waals surface area contributed by atoms with E-state index in [1.54, 1.807) is 20.8 Å². The van der Waals surface area contributed by atoms with Crippen molar-refractivity contribution in [2.75, 3.05) is 6.54 Å². The van der Waals surface area contributed by atoms with Gasteiger partial charge in [-0.05, 0) is 45.1 Å². The number of carbonyl (C=O) groups excluding carboxylic acids is 4. The van der Waals surface area contributed by atoms with E-state index in [1.807, 2.05) is 56.3 Å². The first-order valence-electron chi connectivity index (χ1n) is 10.8. The van der Waals surface area contributed by atoms with Crippen molar-refractivity contribution < 1.29 is 23.9 Å². The average Bonchev–Trinajstić information content (AvgIpc) is 3.01. The monoisotopic (exact) mass is 443 g/mol. The molecule has 0 spiro atoms. The molecule has 2 atom stereocenters. The van der Waals surface area contributed by atoms with Gasteiger partial charge in [0, 0.05) is 0 Å². The Morgan fingerprint density at radius 2 is 1.81 bits per heavy atom. The van der Waals surface area contributed by atoms with Gasteiger partial charge in [0.05, 0.1) is 11.8 Å². The van der Waals surface area contributed by atoms with E-state index < -0.39 is 41.3 Å². The quantitative estimate of drug-likeness (QED) is 0.450. The van der Waals surface area contributed by atoms with E-state index in [0.717, 1.165) is 5.56 Å². The summed E-state index contributed by atoms with van der Waals surface area (Å²) in [6, 6.07) is 8.93. The number of nitrogens with zero attached hydrogens (tertiary/aromatic N) is 1. The van der Waals surface area contributed by atoms with E-state index in [-0.39, 0.29) is 18.9 Å². The molecule has 0 radical (unpaired) electrons. The lowest BCUT2D eigenvalue weighted by atomic mass is 9.82. The zero-order valence-corrected chi connectivity index (χ0v) is 19.4. The van der Waals surface area contributed by atoms with Crippen LogP contribution in [0.1, 0.15) is 53.0 Å². The number of hydrogen-bond donors (Lipinski definition) is 2. The maximum Gasteiger partial charge on any atom is 0.343 e. The Morgan fingerprint density at radius 3 is 2.34 bits per heavy atom. The van der Waals surface area contributed by atoms with Gasteiger partial charge in [0.25, 0.3) is 5.91 Å². The van der Waals surface area contributed by atoms with Crippen LogP contribution in [0.2, 0.25) is 0 Å². The lowest BCUT2D eigenvalue weighted by molar-refractivity contribution is -0.164. The predicted molar refractivity (Wildman–Crippen MR) is 121 cm³/mol. The van der Waals surface area contributed by atoms with Crippen molar-refractivity contribution in [2.24, 2.45) is 17.8 Å². The van der Waals surface area contributed by atoms with Gasteiger partial charge in [-0.2, -0.15) is 5.01 Å². The molecule has 0 aliphatic carbocycles. The molecule has 8 nitrogen and oxygen atoms in total. The van der Waals surface area contributed by atoms with Crippen LogP contribution in [0.15, 0.2) is 36.4 Å². The molecule has 1 aliphatic heterocycles. The van der Waals surface area contributed by atoms with Crippen LogP contribution >= 0.6 is 0 Å². The Morgan fingerprint density at radius 1 is 1.16 bits per heavy atom. The standard InChI is InChI=1S/C24H33N3O5/c1-16(2)14-19(21(29)26-27-20(28)15-25-23(27)31)18(22(30)32-24(3,4)5)13-9-12-17-10-7-6-8-11-17/h6-12,16,18-19H,13-15H2,1-5H3,(H,25,31)(H,26,29)/b12-9+/t18-,19+/m0/s1. The highest BCUT2D eigenvalue weighted by Gasteiger charge is 2.39. The number of hydrogen-bond acceptors (Lipinski definition) is 5. The second-order valence-electron chi connectivity index (χ2n) is 9.29. The van der Waals surface area contributed by atoms with Crippen LogP contribution in [0, 0.1) is 17.8 Å². The topological polar surface area (TPSA) is 105 Å². The molecule has 1 aromatic rings. The summed E-state index contributed by atoms with van der Waals surface area (Å²) in [5, 5.41) is 3.03. The molecule has 1 saturated heterocycles. The van der Waals surface area contributed by atoms with Gasteiger partial charge in [0.15, 0.2) is 0 Å². The number of hydrazine groups is 1. The number of nitrogens with one attached hydrogen (secondary N) is 2. The van der Waals surface area contributed by atoms with E-state index in [9.17, 15) is 19.2 Å². The molecule has 174 valence electrons. The van der Waals surface area contributed by atoms with Gasteiger partial charge >= 0.3 is 12.0 Å². The van der Waals surface area contributed by atoms with E-state index in [4.69, 9.17) is 4.74 Å². The van der Waals surface area contributed by atoms with Crippen molar-refractivity contribution in [3.8, 4) is 0 Å². The Kier molecular flexibility index (Phi) is 8.57. The fourth-order valence-electron chi connectivity index (χ4n) is 3.41. The highest BCUT2D eigenvalue weighted by atomic mass is 16.6. The Labute approximate surface area is 189 Å². The van der Waals surface area contributed by atoms with E-state index >= 15 is 0 Å². The van der Waals surface area contributed by atoms with E-state index in [0.29, 0.717) is 11.4 Å². The zero-order chi connectivity index (χ0) is 23.9. The molecule has 2 rings (SSSR count). The third-order valence-electron chi connectivity index (χ3n) is 4.82. The summed E-state index contributed by atoms with van der Waals surface area (Å²) in [5.74, 6) is -3.08. The fraction of sp³-hybridized carbons (Fsp3) is 0.500. The number of imide groups is 1. The summed E-state index contributed by atoms with van der Waals surface area (Å²) >= 11 is 0. The van der Waals surface area contributed by atoms with Crippen molar-refractivity contribution in [1.82, 2.24) is 15.8 Å². The van der Waals surface area contributed by atoms with Crippen molar-refractivity contribution in [2.45, 2.75) is 53.1 Å². The lowest BCUT2D eigenvalue weighted by Gasteiger charge is -2.29. The van der Waals surface area contributed by atoms with Crippen LogP contribution in [0.5, 0.6) is 0 Å². The van der Waals surface area contributed by atoms with Crippen molar-refractivity contribution in [3.63, 3.8) is 0 Å². The predicted octanol–water partition coefficient (Wildman–Crippen LogP) is 3.29. The summed E-state index contributed by atoms with van der Waals surface area (Å²) < 4.78 is 5.61. The van der Waals surface area contributed by atoms with Gasteiger partial charge in [-0.15, -0.1) is 0 Å². The van der Waals surface area contributed by atoms with Crippen LogP contribution in [-0.4, -0.2) is 41.0 Å². The van der Waals surface area contributed by atoms with Gasteiger partial charge in [-0.25, -0.2) is 4.79 Å². The molecule has 1 fully saturated rings. The molecule has 0 bridgehead atoms. The van der Waals surface area contributed by atoms with E-state index in [2.05, 4.69) is 10.7 Å². The number of rotatable bonds is 9. The third-order valence-corrected chi connectivity index (χ3v) is 4.82. The minimum Gasteiger partial charge on any atom is -0.460 e. The fourth-order valence-corrected chi connectivity index (χ4v) is 3.41. The molecular weight excluding hydrogens is 410 g/mol. The first-order chi connectivity index (χ1) is 15.0. The second-order valence-corrected chi connectivity index (χ2v) is 9.29. The molecule has 4 amide bonds. The number of carbonyl (C=O) groups is 4. The maximum absolute atomic E-state index is 13.2. The number of amides is 4. The Balaban J connectivity index is 2.28. The number of ether oxygens (including phenoxy) is 1. The molecule has 1 aromatic carbocycles. The van der Waals surface area contributed by atoms with Crippen molar-refractivity contribution in [1.29, 1.82) is 0 Å². The van der Waals surface area contributed by atoms with Crippen LogP contribution in [0.3, 0.4) is 0 Å². The number of urea groups is 1. The van der Waals surface area contributed by atoms with Gasteiger partial charge in [-0.1, -0.05) is 56.3 Å². The Hall–Kier alpha value is -3.16. The number of allylic oxidation sites excluding steroid dienone is 1. The molecule has 2 N–H and O–H groups in total. The SMILES string of the molecule is CC(C)C[C@@H](C(=O)NN1C(=O)CNC1=O)[C@H](C/C=C/c1ccccc1)C(=O)OC(C)(C)C. The summed E-state index contributed by atoms with van der Waals surface area (Å²) in [5.41, 5.74) is 2.64. The highest BCUT2D eigenvalue weighted by Crippen LogP contribution is 2.28. The average molecular weight is 444 g/mol. The molecule has 0 unspecified atom stereocenters. The maximum atomic E-state index is 13.2. The van der Waals surface area contributed by atoms with Crippen LogP contribution in [0.25, 0.3) is 6.08 Å². The number of benzene rings is 1. The van der Waals surface area contributed by atoms with Crippen LogP contribution < -0.4 is 10.7 Å². The molecule has 0 saturated carbocycles. The molecular formula is C24H33N3O5. The summed E-state index contributed by atoms with van der Waals surface area (Å²) in [6.07, 6.45) is 4.39. The van der Waals surface area contributed by atoms with E-state index in [1.165, 1.54) is 0 Å². The smallest absolute Gasteiger partial charge is 0.343 e. The van der Waals surface area contributed by atoms with Gasteiger partial charge in [0.1, 0.15) is 12.1 Å². The molecule has 1 aliphatic rings. The summed E-state index contributed by atoms with van der Waals surface area (Å²) in [4.78, 5) is 50.0. The van der Waals surface area contributed by atoms with Gasteiger partial charge < -0.3 is 10.1 Å². The lowest BCUT2D eigenvalue weighted by Crippen LogP contribution is -2.51. The minimum atomic E-state index is -0.786. The highest BCUT2D eigenvalue weighted by molar-refractivity contribution is 6.03. The van der Waals surface area contributed by atoms with Crippen LogP contribution in [-0.2, 0) is 19.1 Å². The molecule has 1 heterocycles. The largest absolute Gasteiger partial charge is 0.460 e. The number of esters is 1. The van der Waals surface area contributed by atoms with Crippen LogP contribution in [0.4, 0.5) is 4.79 Å². The van der Waals surface area contributed by atoms with Crippen molar-refractivity contribution >= 4 is 29.9 Å². The summed E-state index contributed by atoms with van der Waals surface area (Å²) in [7, 11) is 0. The minimum absolute atomic E-state index is 0.0943. The summed E-state index contributed by atoms with van der Waals surface area (Å²) in [6.45, 7) is 9.02. The van der Waals surface area contributed by atoms with Gasteiger partial charge in [0.2, 0.25) is 5.91 Å². The molecule has 32 heavy (non-hydrogen) atoms. The second kappa shape index (κ2) is 10.9. The first kappa shape index (κ1) is 25.1. The third kappa shape index (κ3) is 7.51. The van der Waals surface area contributed by atoms with Crippen molar-refractivity contribution in [3.05, 3.63) is 42.0 Å². The Bertz CT molecular complexity index is 842. The first-order valence-corrected chi connectivity index (χ1v) is 10.8. The zero-order valence-electron chi connectivity index (χ0n) is 19.4. The van der Waals surface area contributed by atoms with Gasteiger partial charge in [-0.3, -0.25) is 19.8 Å².